The summed E-state index contributed by atoms with van der Waals surface area (Å²) >= 11 is 0. The van der Waals surface area contributed by atoms with E-state index >= 15 is 0 Å². The lowest BCUT2D eigenvalue weighted by atomic mass is 10.0. The zero-order valence-electron chi connectivity index (χ0n) is 8.35. The van der Waals surface area contributed by atoms with Gasteiger partial charge >= 0.3 is 0 Å². The summed E-state index contributed by atoms with van der Waals surface area (Å²) in [5.41, 5.74) is 8.22. The summed E-state index contributed by atoms with van der Waals surface area (Å²) in [6, 6.07) is 12.2. The summed E-state index contributed by atoms with van der Waals surface area (Å²) in [6.07, 6.45) is 0.262. The fourth-order valence-electron chi connectivity index (χ4n) is 2.35. The minimum Gasteiger partial charge on any atom is -0.391 e. The molecule has 0 bridgehead atoms. The Kier molecular flexibility index (Phi) is 1.81. The molecule has 1 aliphatic rings. The van der Waals surface area contributed by atoms with Gasteiger partial charge in [-0.25, -0.2) is 0 Å². The van der Waals surface area contributed by atoms with E-state index in [0.717, 1.165) is 5.56 Å². The molecule has 2 nitrogen and oxygen atoms in total. The maximum absolute atomic E-state index is 9.70. The number of aliphatic hydroxyl groups excluding tert-OH is 1. The van der Waals surface area contributed by atoms with E-state index < -0.39 is 6.10 Å². The van der Waals surface area contributed by atoms with Crippen LogP contribution < -0.4 is 5.73 Å². The maximum atomic E-state index is 9.70. The Hall–Kier alpha value is -1.38. The zero-order valence-corrected chi connectivity index (χ0v) is 8.35. The molecule has 0 fully saturated rings. The van der Waals surface area contributed by atoms with Gasteiger partial charge in [0.2, 0.25) is 0 Å². The molecule has 0 aliphatic heterocycles. The first-order valence-corrected chi connectivity index (χ1v) is 5.21. The molecule has 0 radical (unpaired) electrons. The Balaban J connectivity index is 2.27. The number of nitrogens with two attached hydrogens (primary N) is 1. The quantitative estimate of drug-likeness (QED) is 0.679. The number of hydrogen-bond acceptors (Lipinski definition) is 2. The first kappa shape index (κ1) is 8.89. The van der Waals surface area contributed by atoms with Crippen LogP contribution >= 0.6 is 0 Å². The van der Waals surface area contributed by atoms with Crippen molar-refractivity contribution in [2.24, 2.45) is 5.73 Å². The molecule has 0 aromatic heterocycles. The van der Waals surface area contributed by atoms with Crippen molar-refractivity contribution in [1.29, 1.82) is 0 Å². The maximum Gasteiger partial charge on any atom is 0.0773 e. The molecule has 2 atom stereocenters. The van der Waals surface area contributed by atoms with Crippen LogP contribution in [0.4, 0.5) is 0 Å². The zero-order chi connectivity index (χ0) is 10.4. The second kappa shape index (κ2) is 3.05. The largest absolute Gasteiger partial charge is 0.391 e. The number of benzene rings is 2. The van der Waals surface area contributed by atoms with Crippen LogP contribution in [0.15, 0.2) is 36.4 Å². The number of hydrogen-bond donors (Lipinski definition) is 2. The lowest BCUT2D eigenvalue weighted by molar-refractivity contribution is 0.158. The van der Waals surface area contributed by atoms with Gasteiger partial charge < -0.3 is 10.8 Å². The van der Waals surface area contributed by atoms with Gasteiger partial charge in [-0.15, -0.1) is 0 Å². The minimum atomic E-state index is -0.420. The lowest BCUT2D eigenvalue weighted by Gasteiger charge is -2.09. The minimum absolute atomic E-state index is 0.218. The van der Waals surface area contributed by atoms with Crippen LogP contribution in [0.2, 0.25) is 0 Å². The molecule has 0 heterocycles. The highest BCUT2D eigenvalue weighted by atomic mass is 16.3. The van der Waals surface area contributed by atoms with E-state index in [1.807, 2.05) is 12.1 Å². The summed E-state index contributed by atoms with van der Waals surface area (Å²) in [4.78, 5) is 0. The molecule has 76 valence electrons. The molecule has 0 spiro atoms. The fourth-order valence-corrected chi connectivity index (χ4v) is 2.35. The molecule has 3 rings (SSSR count). The monoisotopic (exact) mass is 199 g/mol. The molecule has 0 unspecified atom stereocenters. The van der Waals surface area contributed by atoms with Gasteiger partial charge in [0.15, 0.2) is 0 Å². The van der Waals surface area contributed by atoms with Gasteiger partial charge in [0.25, 0.3) is 0 Å². The third-order valence-corrected chi connectivity index (χ3v) is 3.21. The van der Waals surface area contributed by atoms with E-state index in [1.165, 1.54) is 16.3 Å². The molecular formula is C13H13NO. The van der Waals surface area contributed by atoms with Crippen LogP contribution in [0.25, 0.3) is 10.8 Å². The van der Waals surface area contributed by atoms with E-state index in [4.69, 9.17) is 5.73 Å². The van der Waals surface area contributed by atoms with E-state index in [1.54, 1.807) is 0 Å². The number of fused-ring (bicyclic) bond motifs is 2. The van der Waals surface area contributed by atoms with Crippen molar-refractivity contribution in [3.05, 3.63) is 47.5 Å². The summed E-state index contributed by atoms with van der Waals surface area (Å²) in [7, 11) is 0. The van der Waals surface area contributed by atoms with Crippen molar-refractivity contribution in [1.82, 2.24) is 0 Å². The molecule has 0 saturated heterocycles. The average Bonchev–Trinajstić information content (AvgIpc) is 2.52. The predicted molar refractivity (Wildman–Crippen MR) is 60.6 cm³/mol. The summed E-state index contributed by atoms with van der Waals surface area (Å²) < 4.78 is 0. The Morgan fingerprint density at radius 3 is 2.53 bits per heavy atom. The van der Waals surface area contributed by atoms with E-state index in [2.05, 4.69) is 24.3 Å². The molecular weight excluding hydrogens is 186 g/mol. The van der Waals surface area contributed by atoms with Gasteiger partial charge in [0, 0.05) is 6.42 Å². The van der Waals surface area contributed by atoms with Crippen molar-refractivity contribution in [3.8, 4) is 0 Å². The summed E-state index contributed by atoms with van der Waals surface area (Å²) in [5.74, 6) is 0. The molecule has 15 heavy (non-hydrogen) atoms. The SMILES string of the molecule is N[C@H]1c2cc3ccccc3cc2C[C@H]1O. The van der Waals surface area contributed by atoms with Gasteiger partial charge in [0.1, 0.15) is 0 Å². The third kappa shape index (κ3) is 1.26. The van der Waals surface area contributed by atoms with Crippen LogP contribution in [0.3, 0.4) is 0 Å². The topological polar surface area (TPSA) is 46.2 Å². The van der Waals surface area contributed by atoms with Crippen molar-refractivity contribution >= 4 is 10.8 Å². The Morgan fingerprint density at radius 1 is 1.13 bits per heavy atom. The van der Waals surface area contributed by atoms with Crippen LogP contribution in [0.5, 0.6) is 0 Å². The van der Waals surface area contributed by atoms with Gasteiger partial charge in [-0.3, -0.25) is 0 Å². The first-order valence-electron chi connectivity index (χ1n) is 5.21. The molecule has 0 amide bonds. The van der Waals surface area contributed by atoms with Crippen LogP contribution in [0, 0.1) is 0 Å². The molecule has 2 heteroatoms. The molecule has 0 saturated carbocycles. The van der Waals surface area contributed by atoms with E-state index in [0.29, 0.717) is 6.42 Å². The Morgan fingerprint density at radius 2 is 1.80 bits per heavy atom. The van der Waals surface area contributed by atoms with Crippen molar-refractivity contribution in [2.75, 3.05) is 0 Å². The Bertz CT molecular complexity index is 521. The van der Waals surface area contributed by atoms with E-state index in [-0.39, 0.29) is 6.04 Å². The third-order valence-electron chi connectivity index (χ3n) is 3.21. The van der Waals surface area contributed by atoms with Crippen molar-refractivity contribution < 1.29 is 5.11 Å². The van der Waals surface area contributed by atoms with Crippen molar-refractivity contribution in [3.63, 3.8) is 0 Å². The van der Waals surface area contributed by atoms with Crippen LogP contribution in [0.1, 0.15) is 17.2 Å². The highest BCUT2D eigenvalue weighted by Gasteiger charge is 2.27. The van der Waals surface area contributed by atoms with Crippen LogP contribution in [-0.2, 0) is 6.42 Å². The standard InChI is InChI=1S/C13H13NO/c14-13-11-6-9-4-2-1-3-8(9)5-10(11)7-12(13)15/h1-6,12-13,15H,7,14H2/t12-,13+/m1/s1. The van der Waals surface area contributed by atoms with Gasteiger partial charge in [-0.2, -0.15) is 0 Å². The molecule has 1 aliphatic carbocycles. The second-order valence-electron chi connectivity index (χ2n) is 4.20. The summed E-state index contributed by atoms with van der Waals surface area (Å²) in [5, 5.41) is 12.1. The average molecular weight is 199 g/mol. The fraction of sp³-hybridized carbons (Fsp3) is 0.231. The predicted octanol–water partition coefficient (Wildman–Crippen LogP) is 1.76. The highest BCUT2D eigenvalue weighted by molar-refractivity contribution is 5.84. The van der Waals surface area contributed by atoms with Gasteiger partial charge in [-0.1, -0.05) is 30.3 Å². The normalized spacial score (nSPS) is 24.4. The number of aliphatic hydroxyl groups is 1. The van der Waals surface area contributed by atoms with Gasteiger partial charge in [-0.05, 0) is 28.0 Å². The first-order chi connectivity index (χ1) is 7.25. The van der Waals surface area contributed by atoms with Crippen molar-refractivity contribution in [2.45, 2.75) is 18.6 Å². The summed E-state index contributed by atoms with van der Waals surface area (Å²) in [6.45, 7) is 0. The second-order valence-corrected chi connectivity index (χ2v) is 4.20. The Labute approximate surface area is 88.3 Å². The lowest BCUT2D eigenvalue weighted by Crippen LogP contribution is -2.21. The molecule has 3 N–H and O–H groups in total. The molecule has 2 aromatic carbocycles. The molecule has 2 aromatic rings. The number of rotatable bonds is 0. The highest BCUT2D eigenvalue weighted by Crippen LogP contribution is 2.32. The van der Waals surface area contributed by atoms with Gasteiger partial charge in [0.05, 0.1) is 12.1 Å². The van der Waals surface area contributed by atoms with Crippen LogP contribution in [-0.4, -0.2) is 11.2 Å². The van der Waals surface area contributed by atoms with E-state index in [9.17, 15) is 5.11 Å². The smallest absolute Gasteiger partial charge is 0.0773 e.